The van der Waals surface area contributed by atoms with Gasteiger partial charge in [0.25, 0.3) is 0 Å². The van der Waals surface area contributed by atoms with Crippen molar-refractivity contribution >= 4 is 10.8 Å². The first-order valence-corrected chi connectivity index (χ1v) is 8.95. The summed E-state index contributed by atoms with van der Waals surface area (Å²) < 4.78 is 18.0. The second kappa shape index (κ2) is 9.35. The predicted molar refractivity (Wildman–Crippen MR) is 84.7 cm³/mol. The summed E-state index contributed by atoms with van der Waals surface area (Å²) in [7, 11) is 0.626. The first-order chi connectivity index (χ1) is 9.62. The molecule has 0 aromatic rings. The van der Waals surface area contributed by atoms with E-state index in [2.05, 4.69) is 0 Å². The summed E-state index contributed by atoms with van der Waals surface area (Å²) >= 11 is 0. The molecule has 0 saturated heterocycles. The molecule has 0 bridgehead atoms. The van der Waals surface area contributed by atoms with Crippen molar-refractivity contribution in [2.75, 3.05) is 12.9 Å². The van der Waals surface area contributed by atoms with E-state index in [1.54, 1.807) is 7.11 Å². The summed E-state index contributed by atoms with van der Waals surface area (Å²) in [6.45, 7) is 4.10. The second-order valence-corrected chi connectivity index (χ2v) is 6.81. The zero-order valence-electron chi connectivity index (χ0n) is 12.9. The molecule has 116 valence electrons. The third-order valence-corrected chi connectivity index (χ3v) is 5.32. The molecule has 1 fully saturated rings. The fourth-order valence-electron chi connectivity index (χ4n) is 2.58. The zero-order valence-corrected chi connectivity index (χ0v) is 13.7. The van der Waals surface area contributed by atoms with E-state index in [0.29, 0.717) is 11.7 Å². The monoisotopic (exact) mass is 300 g/mol. The number of allylic oxidation sites excluding steroid dienone is 2. The first-order valence-electron chi connectivity index (χ1n) is 7.63. The number of rotatable bonds is 7. The van der Waals surface area contributed by atoms with E-state index in [-0.39, 0.29) is 6.10 Å². The highest BCUT2D eigenvalue weighted by atomic mass is 32.2. The lowest BCUT2D eigenvalue weighted by atomic mass is 9.89. The van der Waals surface area contributed by atoms with E-state index in [0.717, 1.165) is 49.2 Å². The van der Waals surface area contributed by atoms with Crippen LogP contribution in [0.15, 0.2) is 22.8 Å². The lowest BCUT2D eigenvalue weighted by Crippen LogP contribution is -2.23. The van der Waals surface area contributed by atoms with Crippen LogP contribution in [0.5, 0.6) is 0 Å². The molecule has 1 N–H and O–H groups in total. The number of methoxy groups -OCH3 is 1. The van der Waals surface area contributed by atoms with E-state index in [1.165, 1.54) is 0 Å². The standard InChI is InChI=1S/C16H28O3S/c1-4-6-15(19-3)16(7-5-2)20(18)12-13-8-10-14(17)11-9-13/h6-7,13-14,17H,4-5,8-12H2,1-3H3/b15-6+,16-7+. The molecule has 1 atom stereocenters. The molecule has 1 aliphatic carbocycles. The van der Waals surface area contributed by atoms with E-state index in [1.807, 2.05) is 26.0 Å². The van der Waals surface area contributed by atoms with Crippen molar-refractivity contribution in [3.63, 3.8) is 0 Å². The Bertz CT molecular complexity index is 366. The molecule has 0 aromatic carbocycles. The Hall–Kier alpha value is -0.610. The topological polar surface area (TPSA) is 46.5 Å². The van der Waals surface area contributed by atoms with Crippen LogP contribution in [-0.4, -0.2) is 28.3 Å². The minimum Gasteiger partial charge on any atom is -0.496 e. The van der Waals surface area contributed by atoms with Gasteiger partial charge in [-0.15, -0.1) is 0 Å². The number of hydrogen-bond acceptors (Lipinski definition) is 3. The third-order valence-electron chi connectivity index (χ3n) is 3.69. The van der Waals surface area contributed by atoms with Gasteiger partial charge in [-0.3, -0.25) is 4.21 Å². The Balaban J connectivity index is 2.70. The average Bonchev–Trinajstić information content (AvgIpc) is 2.45. The van der Waals surface area contributed by atoms with Gasteiger partial charge in [0.1, 0.15) is 5.76 Å². The largest absolute Gasteiger partial charge is 0.496 e. The third kappa shape index (κ3) is 5.41. The van der Waals surface area contributed by atoms with Gasteiger partial charge in [0.05, 0.1) is 28.9 Å². The van der Waals surface area contributed by atoms with Crippen LogP contribution in [0.2, 0.25) is 0 Å². The van der Waals surface area contributed by atoms with Gasteiger partial charge in [0.15, 0.2) is 0 Å². The molecule has 0 heterocycles. The maximum Gasteiger partial charge on any atom is 0.130 e. The molecule has 20 heavy (non-hydrogen) atoms. The van der Waals surface area contributed by atoms with Crippen LogP contribution in [0.3, 0.4) is 0 Å². The molecule has 0 amide bonds. The maximum absolute atomic E-state index is 12.6. The normalized spacial score (nSPS) is 26.4. The van der Waals surface area contributed by atoms with Crippen LogP contribution in [0.1, 0.15) is 52.4 Å². The Kier molecular flexibility index (Phi) is 8.15. The highest BCUT2D eigenvalue weighted by Gasteiger charge is 2.23. The Morgan fingerprint density at radius 1 is 1.20 bits per heavy atom. The first kappa shape index (κ1) is 17.4. The van der Waals surface area contributed by atoms with Crippen molar-refractivity contribution in [2.45, 2.75) is 58.5 Å². The number of aliphatic hydroxyl groups excluding tert-OH is 1. The summed E-state index contributed by atoms with van der Waals surface area (Å²) in [6.07, 6.45) is 9.22. The Morgan fingerprint density at radius 2 is 1.80 bits per heavy atom. The molecule has 1 unspecified atom stereocenters. The smallest absolute Gasteiger partial charge is 0.130 e. The van der Waals surface area contributed by atoms with Gasteiger partial charge in [-0.1, -0.05) is 19.9 Å². The summed E-state index contributed by atoms with van der Waals surface area (Å²) in [5.74, 6) is 1.89. The lowest BCUT2D eigenvalue weighted by Gasteiger charge is -2.25. The van der Waals surface area contributed by atoms with Crippen LogP contribution in [0, 0.1) is 5.92 Å². The highest BCUT2D eigenvalue weighted by Crippen LogP contribution is 2.27. The van der Waals surface area contributed by atoms with Crippen molar-refractivity contribution in [1.82, 2.24) is 0 Å². The molecule has 4 heteroatoms. The van der Waals surface area contributed by atoms with Gasteiger partial charge in [0.2, 0.25) is 0 Å². The lowest BCUT2D eigenvalue weighted by molar-refractivity contribution is 0.113. The molecule has 3 nitrogen and oxygen atoms in total. The van der Waals surface area contributed by atoms with Gasteiger partial charge in [-0.2, -0.15) is 0 Å². The van der Waals surface area contributed by atoms with Gasteiger partial charge >= 0.3 is 0 Å². The van der Waals surface area contributed by atoms with E-state index in [9.17, 15) is 9.32 Å². The molecule has 0 aliphatic heterocycles. The molecule has 1 rings (SSSR count). The molecule has 0 aromatic heterocycles. The van der Waals surface area contributed by atoms with Crippen molar-refractivity contribution in [3.8, 4) is 0 Å². The van der Waals surface area contributed by atoms with E-state index >= 15 is 0 Å². The molecule has 1 aliphatic rings. The number of aliphatic hydroxyl groups is 1. The van der Waals surface area contributed by atoms with E-state index in [4.69, 9.17) is 4.74 Å². The molecule has 0 radical (unpaired) electrons. The summed E-state index contributed by atoms with van der Waals surface area (Å²) in [5.41, 5.74) is 0. The van der Waals surface area contributed by atoms with Crippen LogP contribution in [0.25, 0.3) is 0 Å². The van der Waals surface area contributed by atoms with Crippen LogP contribution < -0.4 is 0 Å². The molecule has 0 spiro atoms. The summed E-state index contributed by atoms with van der Waals surface area (Å²) in [5, 5.41) is 9.53. The van der Waals surface area contributed by atoms with E-state index < -0.39 is 10.8 Å². The fraction of sp³-hybridized carbons (Fsp3) is 0.750. The van der Waals surface area contributed by atoms with Gasteiger partial charge in [-0.25, -0.2) is 0 Å². The Morgan fingerprint density at radius 3 is 2.30 bits per heavy atom. The van der Waals surface area contributed by atoms with Crippen molar-refractivity contribution < 1.29 is 14.1 Å². The van der Waals surface area contributed by atoms with Crippen LogP contribution in [0.4, 0.5) is 0 Å². The SMILES string of the molecule is CC/C=C(OC)\C(=C/CC)S(=O)CC1CCC(O)CC1. The minimum absolute atomic E-state index is 0.153. The van der Waals surface area contributed by atoms with Crippen LogP contribution >= 0.6 is 0 Å². The Labute approximate surface area is 125 Å². The minimum atomic E-state index is -1.01. The molecule has 1 saturated carbocycles. The van der Waals surface area contributed by atoms with Crippen molar-refractivity contribution in [3.05, 3.63) is 22.8 Å². The summed E-state index contributed by atoms with van der Waals surface area (Å²) in [4.78, 5) is 0.836. The van der Waals surface area contributed by atoms with Crippen molar-refractivity contribution in [2.24, 2.45) is 5.92 Å². The number of hydrogen-bond donors (Lipinski definition) is 1. The average molecular weight is 300 g/mol. The molecular formula is C16H28O3S. The zero-order chi connectivity index (χ0) is 15.0. The maximum atomic E-state index is 12.6. The second-order valence-electron chi connectivity index (χ2n) is 5.34. The van der Waals surface area contributed by atoms with Crippen LogP contribution in [-0.2, 0) is 15.5 Å². The van der Waals surface area contributed by atoms with Gasteiger partial charge in [0, 0.05) is 5.75 Å². The quantitative estimate of drug-likeness (QED) is 0.578. The van der Waals surface area contributed by atoms with Gasteiger partial charge < -0.3 is 9.84 Å². The molecular weight excluding hydrogens is 272 g/mol. The van der Waals surface area contributed by atoms with Crippen molar-refractivity contribution in [1.29, 1.82) is 0 Å². The van der Waals surface area contributed by atoms with Gasteiger partial charge in [-0.05, 0) is 50.5 Å². The summed E-state index contributed by atoms with van der Waals surface area (Å²) in [6, 6.07) is 0. The highest BCUT2D eigenvalue weighted by molar-refractivity contribution is 7.89. The number of ether oxygens (including phenoxy) is 1. The fourth-order valence-corrected chi connectivity index (χ4v) is 4.26. The predicted octanol–water partition coefficient (Wildman–Crippen LogP) is 3.52.